The van der Waals surface area contributed by atoms with Crippen molar-refractivity contribution in [1.29, 1.82) is 0 Å². The number of nitrogens with one attached hydrogen (secondary N) is 1. The van der Waals surface area contributed by atoms with Gasteiger partial charge in [-0.3, -0.25) is 0 Å². The Kier molecular flexibility index (Phi) is 4.84. The van der Waals surface area contributed by atoms with Crippen LogP contribution in [0.1, 0.15) is 24.1 Å². The molecule has 0 radical (unpaired) electrons. The molecular weight excluding hydrogens is 367 g/mol. The van der Waals surface area contributed by atoms with Crippen LogP contribution in [0.5, 0.6) is 0 Å². The minimum absolute atomic E-state index is 0.306. The van der Waals surface area contributed by atoms with Crippen molar-refractivity contribution >= 4 is 33.2 Å². The molecule has 2 aromatic carbocycles. The molecule has 0 aliphatic rings. The van der Waals surface area contributed by atoms with E-state index in [4.69, 9.17) is 11.6 Å². The zero-order valence-electron chi connectivity index (χ0n) is 11.0. The summed E-state index contributed by atoms with van der Waals surface area (Å²) in [4.78, 5) is 0. The molecule has 0 bridgehead atoms. The second-order valence-electron chi connectivity index (χ2n) is 4.61. The first kappa shape index (κ1) is 16.2. The third-order valence-corrected chi connectivity index (χ3v) is 3.84. The molecule has 0 aliphatic heterocycles. The molecule has 2 aromatic rings. The molecule has 0 spiro atoms. The highest BCUT2D eigenvalue weighted by Crippen LogP contribution is 2.33. The Bertz CT molecular complexity index is 643. The van der Waals surface area contributed by atoms with Gasteiger partial charge in [0.25, 0.3) is 0 Å². The lowest BCUT2D eigenvalue weighted by atomic mass is 10.0. The van der Waals surface area contributed by atoms with E-state index < -0.39 is 11.7 Å². The van der Waals surface area contributed by atoms with Crippen LogP contribution < -0.4 is 5.32 Å². The molecule has 1 unspecified atom stereocenters. The molecule has 1 nitrogen and oxygen atoms in total. The Morgan fingerprint density at radius 3 is 2.52 bits per heavy atom. The predicted octanol–water partition coefficient (Wildman–Crippen LogP) is 6.29. The molecule has 0 aromatic heterocycles. The maximum absolute atomic E-state index is 12.7. The Morgan fingerprint density at radius 1 is 1.14 bits per heavy atom. The summed E-state index contributed by atoms with van der Waals surface area (Å²) in [6, 6.07) is 10.2. The van der Waals surface area contributed by atoms with Gasteiger partial charge in [0, 0.05) is 10.5 Å². The number of anilines is 1. The fraction of sp³-hybridized carbons (Fsp3) is 0.200. The first-order chi connectivity index (χ1) is 9.77. The molecule has 0 fully saturated rings. The summed E-state index contributed by atoms with van der Waals surface area (Å²) >= 11 is 9.40. The van der Waals surface area contributed by atoms with Crippen LogP contribution in [-0.2, 0) is 6.18 Å². The van der Waals surface area contributed by atoms with Crippen molar-refractivity contribution in [2.24, 2.45) is 0 Å². The fourth-order valence-corrected chi connectivity index (χ4v) is 2.44. The van der Waals surface area contributed by atoms with Gasteiger partial charge in [-0.05, 0) is 42.8 Å². The van der Waals surface area contributed by atoms with E-state index >= 15 is 0 Å². The Labute approximate surface area is 134 Å². The van der Waals surface area contributed by atoms with Crippen LogP contribution >= 0.6 is 27.5 Å². The van der Waals surface area contributed by atoms with Gasteiger partial charge in [-0.25, -0.2) is 0 Å². The van der Waals surface area contributed by atoms with E-state index in [-0.39, 0.29) is 6.04 Å². The van der Waals surface area contributed by atoms with Crippen LogP contribution in [0.15, 0.2) is 46.9 Å². The SMILES string of the molecule is CC(Nc1cc(Br)ccc1Cl)c1cccc(C(F)(F)F)c1. The van der Waals surface area contributed by atoms with Crippen LogP contribution in [0, 0.1) is 0 Å². The normalized spacial score (nSPS) is 13.0. The maximum Gasteiger partial charge on any atom is 0.416 e. The van der Waals surface area contributed by atoms with Crippen LogP contribution in [0.4, 0.5) is 18.9 Å². The number of alkyl halides is 3. The van der Waals surface area contributed by atoms with E-state index in [9.17, 15) is 13.2 Å². The molecular formula is C15H12BrClF3N. The fourth-order valence-electron chi connectivity index (χ4n) is 1.91. The lowest BCUT2D eigenvalue weighted by Crippen LogP contribution is -2.10. The lowest BCUT2D eigenvalue weighted by Gasteiger charge is -2.18. The number of halogens is 5. The maximum atomic E-state index is 12.7. The van der Waals surface area contributed by atoms with Gasteiger partial charge in [0.1, 0.15) is 0 Å². The van der Waals surface area contributed by atoms with Crippen LogP contribution in [0.25, 0.3) is 0 Å². The molecule has 21 heavy (non-hydrogen) atoms. The number of hydrogen-bond donors (Lipinski definition) is 1. The summed E-state index contributed by atoms with van der Waals surface area (Å²) in [6.07, 6.45) is -4.34. The summed E-state index contributed by atoms with van der Waals surface area (Å²) in [5.74, 6) is 0. The van der Waals surface area contributed by atoms with Gasteiger partial charge in [0.05, 0.1) is 16.3 Å². The van der Waals surface area contributed by atoms with Crippen LogP contribution in [0.2, 0.25) is 5.02 Å². The molecule has 0 amide bonds. The van der Waals surface area contributed by atoms with E-state index in [1.165, 1.54) is 6.07 Å². The topological polar surface area (TPSA) is 12.0 Å². The van der Waals surface area contributed by atoms with Gasteiger partial charge in [-0.1, -0.05) is 39.7 Å². The summed E-state index contributed by atoms with van der Waals surface area (Å²) in [5.41, 5.74) is 0.547. The minimum atomic E-state index is -4.34. The van der Waals surface area contributed by atoms with E-state index in [2.05, 4.69) is 21.2 Å². The Hall–Kier alpha value is -1.20. The smallest absolute Gasteiger partial charge is 0.377 e. The largest absolute Gasteiger partial charge is 0.416 e. The Balaban J connectivity index is 2.24. The van der Waals surface area contributed by atoms with Gasteiger partial charge in [0.15, 0.2) is 0 Å². The molecule has 0 heterocycles. The van der Waals surface area contributed by atoms with E-state index in [1.54, 1.807) is 31.2 Å². The highest BCUT2D eigenvalue weighted by molar-refractivity contribution is 9.10. The monoisotopic (exact) mass is 377 g/mol. The predicted molar refractivity (Wildman–Crippen MR) is 82.6 cm³/mol. The van der Waals surface area contributed by atoms with Crippen molar-refractivity contribution in [3.63, 3.8) is 0 Å². The molecule has 2 rings (SSSR count). The zero-order valence-corrected chi connectivity index (χ0v) is 13.4. The highest BCUT2D eigenvalue weighted by Gasteiger charge is 2.30. The zero-order chi connectivity index (χ0) is 15.6. The summed E-state index contributed by atoms with van der Waals surface area (Å²) in [6.45, 7) is 1.78. The van der Waals surface area contributed by atoms with E-state index in [0.29, 0.717) is 16.3 Å². The first-order valence-corrected chi connectivity index (χ1v) is 7.33. The summed E-state index contributed by atoms with van der Waals surface area (Å²) in [5, 5.41) is 3.63. The molecule has 0 aliphatic carbocycles. The van der Waals surface area contributed by atoms with Crippen molar-refractivity contribution in [2.45, 2.75) is 19.1 Å². The van der Waals surface area contributed by atoms with Gasteiger partial charge < -0.3 is 5.32 Å². The van der Waals surface area contributed by atoms with Crippen molar-refractivity contribution < 1.29 is 13.2 Å². The average molecular weight is 379 g/mol. The second-order valence-corrected chi connectivity index (χ2v) is 5.94. The van der Waals surface area contributed by atoms with E-state index in [1.807, 2.05) is 0 Å². The van der Waals surface area contributed by atoms with Gasteiger partial charge in [-0.2, -0.15) is 13.2 Å². The summed E-state index contributed by atoms with van der Waals surface area (Å²) < 4.78 is 39.0. The van der Waals surface area contributed by atoms with Crippen LogP contribution in [0.3, 0.4) is 0 Å². The van der Waals surface area contributed by atoms with E-state index in [0.717, 1.165) is 16.6 Å². The second kappa shape index (κ2) is 6.28. The quantitative estimate of drug-likeness (QED) is 0.661. The van der Waals surface area contributed by atoms with Gasteiger partial charge >= 0.3 is 6.18 Å². The molecule has 1 N–H and O–H groups in total. The number of rotatable bonds is 3. The lowest BCUT2D eigenvalue weighted by molar-refractivity contribution is -0.137. The molecule has 0 saturated carbocycles. The molecule has 6 heteroatoms. The van der Waals surface area contributed by atoms with Crippen LogP contribution in [-0.4, -0.2) is 0 Å². The highest BCUT2D eigenvalue weighted by atomic mass is 79.9. The first-order valence-electron chi connectivity index (χ1n) is 6.16. The standard InChI is InChI=1S/C15H12BrClF3N/c1-9(21-14-8-12(16)5-6-13(14)17)10-3-2-4-11(7-10)15(18,19)20/h2-9,21H,1H3. The molecule has 0 saturated heterocycles. The number of benzene rings is 2. The van der Waals surface area contributed by atoms with Gasteiger partial charge in [-0.15, -0.1) is 0 Å². The molecule has 112 valence electrons. The van der Waals surface area contributed by atoms with Gasteiger partial charge in [0.2, 0.25) is 0 Å². The average Bonchev–Trinajstić information content (AvgIpc) is 2.42. The minimum Gasteiger partial charge on any atom is -0.377 e. The number of hydrogen-bond acceptors (Lipinski definition) is 1. The third kappa shape index (κ3) is 4.14. The molecule has 1 atom stereocenters. The van der Waals surface area contributed by atoms with Crippen molar-refractivity contribution in [3.05, 3.63) is 63.1 Å². The Morgan fingerprint density at radius 2 is 1.86 bits per heavy atom. The van der Waals surface area contributed by atoms with Crippen molar-refractivity contribution in [3.8, 4) is 0 Å². The van der Waals surface area contributed by atoms with Crippen molar-refractivity contribution in [1.82, 2.24) is 0 Å². The van der Waals surface area contributed by atoms with Crippen molar-refractivity contribution in [2.75, 3.05) is 5.32 Å². The third-order valence-electron chi connectivity index (χ3n) is 3.01. The summed E-state index contributed by atoms with van der Waals surface area (Å²) in [7, 11) is 0.